The Hall–Kier alpha value is -1.59. The molecular formula is C17H20ClN3O2. The van der Waals surface area contributed by atoms with Crippen LogP contribution in [0.1, 0.15) is 30.7 Å². The van der Waals surface area contributed by atoms with E-state index in [0.29, 0.717) is 11.7 Å². The average Bonchev–Trinajstić information content (AvgIpc) is 3.28. The number of rotatable bonds is 2. The highest BCUT2D eigenvalue weighted by Gasteiger charge is 2.51. The van der Waals surface area contributed by atoms with Gasteiger partial charge in [0.25, 0.3) is 0 Å². The van der Waals surface area contributed by atoms with Crippen molar-refractivity contribution < 1.29 is 9.26 Å². The highest BCUT2D eigenvalue weighted by molar-refractivity contribution is 5.85. The van der Waals surface area contributed by atoms with E-state index in [1.54, 1.807) is 0 Å². The van der Waals surface area contributed by atoms with E-state index >= 15 is 0 Å². The van der Waals surface area contributed by atoms with Crippen molar-refractivity contribution in [2.75, 3.05) is 19.7 Å². The van der Waals surface area contributed by atoms with Gasteiger partial charge in [-0.15, -0.1) is 12.4 Å². The van der Waals surface area contributed by atoms with Crippen LogP contribution in [-0.4, -0.2) is 29.8 Å². The Labute approximate surface area is 141 Å². The van der Waals surface area contributed by atoms with E-state index in [9.17, 15) is 0 Å². The molecule has 1 aromatic heterocycles. The van der Waals surface area contributed by atoms with E-state index in [-0.39, 0.29) is 17.8 Å². The largest absolute Gasteiger partial charge is 0.493 e. The van der Waals surface area contributed by atoms with Gasteiger partial charge in [0.05, 0.1) is 12.0 Å². The fourth-order valence-electron chi connectivity index (χ4n) is 4.37. The fraction of sp³-hybridized carbons (Fsp3) is 0.529. The number of nitrogens with one attached hydrogen (secondary N) is 1. The Morgan fingerprint density at radius 2 is 2.26 bits per heavy atom. The van der Waals surface area contributed by atoms with Gasteiger partial charge in [-0.25, -0.2) is 0 Å². The molecule has 5 nitrogen and oxygen atoms in total. The minimum Gasteiger partial charge on any atom is -0.493 e. The third-order valence-electron chi connectivity index (χ3n) is 5.59. The summed E-state index contributed by atoms with van der Waals surface area (Å²) in [7, 11) is 0. The summed E-state index contributed by atoms with van der Waals surface area (Å²) in [6.45, 7) is 2.82. The minimum absolute atomic E-state index is 0. The Morgan fingerprint density at radius 3 is 3.22 bits per heavy atom. The fourth-order valence-corrected chi connectivity index (χ4v) is 4.37. The summed E-state index contributed by atoms with van der Waals surface area (Å²) in [5, 5.41) is 7.76. The van der Waals surface area contributed by atoms with E-state index in [0.717, 1.165) is 49.7 Å². The Balaban J connectivity index is 0.00000135. The Morgan fingerprint density at radius 1 is 1.30 bits per heavy atom. The first-order valence-electron chi connectivity index (χ1n) is 8.16. The van der Waals surface area contributed by atoms with Crippen molar-refractivity contribution in [1.29, 1.82) is 0 Å². The smallest absolute Gasteiger partial charge is 0.234 e. The monoisotopic (exact) mass is 333 g/mol. The van der Waals surface area contributed by atoms with E-state index in [4.69, 9.17) is 14.2 Å². The third kappa shape index (κ3) is 2.17. The zero-order chi connectivity index (χ0) is 14.6. The number of halogens is 1. The molecular weight excluding hydrogens is 314 g/mol. The molecule has 0 amide bonds. The maximum Gasteiger partial charge on any atom is 0.234 e. The van der Waals surface area contributed by atoms with Gasteiger partial charge < -0.3 is 14.6 Å². The zero-order valence-electron chi connectivity index (χ0n) is 12.9. The maximum absolute atomic E-state index is 5.69. The lowest BCUT2D eigenvalue weighted by molar-refractivity contribution is 0.265. The average molecular weight is 334 g/mol. The van der Waals surface area contributed by atoms with Crippen molar-refractivity contribution in [1.82, 2.24) is 15.5 Å². The highest BCUT2D eigenvalue weighted by atomic mass is 35.5. The SMILES string of the molecule is Cl.c1cc2c(cc1-c1noc([C@@]34CCC[C@@H]3CNC4)n1)CCO2. The first kappa shape index (κ1) is 15.0. The minimum atomic E-state index is 0. The third-order valence-corrected chi connectivity index (χ3v) is 5.59. The molecule has 23 heavy (non-hydrogen) atoms. The van der Waals surface area contributed by atoms with E-state index in [1.165, 1.54) is 18.4 Å². The second-order valence-electron chi connectivity index (χ2n) is 6.72. The highest BCUT2D eigenvalue weighted by Crippen LogP contribution is 2.47. The van der Waals surface area contributed by atoms with Crippen LogP contribution in [0.4, 0.5) is 0 Å². The van der Waals surface area contributed by atoms with Crippen LogP contribution in [0.5, 0.6) is 5.75 Å². The van der Waals surface area contributed by atoms with Gasteiger partial charge in [-0.05, 0) is 49.1 Å². The second-order valence-corrected chi connectivity index (χ2v) is 6.72. The van der Waals surface area contributed by atoms with E-state index < -0.39 is 0 Å². The quantitative estimate of drug-likeness (QED) is 0.915. The lowest BCUT2D eigenvalue weighted by Gasteiger charge is -2.22. The zero-order valence-corrected chi connectivity index (χ0v) is 13.7. The van der Waals surface area contributed by atoms with Gasteiger partial charge in [0.1, 0.15) is 5.75 Å². The van der Waals surface area contributed by atoms with Crippen LogP contribution >= 0.6 is 12.4 Å². The molecule has 3 aliphatic rings. The molecule has 2 aromatic rings. The van der Waals surface area contributed by atoms with Crippen LogP contribution in [0.2, 0.25) is 0 Å². The number of hydrogen-bond donors (Lipinski definition) is 1. The standard InChI is InChI=1S/C17H19N3O2.ClH/c1-2-13-9-18-10-17(13,6-1)16-19-15(20-22-16)12-3-4-14-11(8-12)5-7-21-14;/h3-4,8,13,18H,1-2,5-7,9-10H2;1H/t13-,17-;/m1./s1. The van der Waals surface area contributed by atoms with Crippen LogP contribution < -0.4 is 10.1 Å². The van der Waals surface area contributed by atoms with Crippen molar-refractivity contribution >= 4 is 12.4 Å². The normalized spacial score (nSPS) is 28.1. The summed E-state index contributed by atoms with van der Waals surface area (Å²) in [6.07, 6.45) is 4.65. The van der Waals surface area contributed by atoms with Crippen LogP contribution in [0.25, 0.3) is 11.4 Å². The topological polar surface area (TPSA) is 60.2 Å². The molecule has 1 aromatic carbocycles. The van der Waals surface area contributed by atoms with Crippen molar-refractivity contribution in [2.45, 2.75) is 31.1 Å². The molecule has 1 saturated carbocycles. The molecule has 6 heteroatoms. The molecule has 1 aliphatic carbocycles. The van der Waals surface area contributed by atoms with Gasteiger partial charge in [-0.1, -0.05) is 11.6 Å². The van der Waals surface area contributed by atoms with Crippen LogP contribution in [0.3, 0.4) is 0 Å². The predicted molar refractivity (Wildman–Crippen MR) is 88.1 cm³/mol. The number of nitrogens with zero attached hydrogens (tertiary/aromatic N) is 2. The van der Waals surface area contributed by atoms with Crippen molar-refractivity contribution in [3.63, 3.8) is 0 Å². The van der Waals surface area contributed by atoms with Crippen molar-refractivity contribution in [3.8, 4) is 17.1 Å². The van der Waals surface area contributed by atoms with Gasteiger partial charge in [0, 0.05) is 18.5 Å². The number of benzene rings is 1. The number of ether oxygens (including phenoxy) is 1. The van der Waals surface area contributed by atoms with Crippen molar-refractivity contribution in [2.24, 2.45) is 5.92 Å². The van der Waals surface area contributed by atoms with Crippen LogP contribution in [0.15, 0.2) is 22.7 Å². The lowest BCUT2D eigenvalue weighted by atomic mass is 9.80. The second kappa shape index (κ2) is 5.49. The molecule has 0 unspecified atom stereocenters. The number of fused-ring (bicyclic) bond motifs is 2. The van der Waals surface area contributed by atoms with Gasteiger partial charge in [-0.2, -0.15) is 4.98 Å². The molecule has 0 spiro atoms. The van der Waals surface area contributed by atoms with Crippen LogP contribution in [-0.2, 0) is 11.8 Å². The molecule has 1 saturated heterocycles. The van der Waals surface area contributed by atoms with Crippen LogP contribution in [0, 0.1) is 5.92 Å². The van der Waals surface area contributed by atoms with Gasteiger partial charge in [-0.3, -0.25) is 0 Å². The summed E-state index contributed by atoms with van der Waals surface area (Å²) in [5.74, 6) is 3.17. The molecule has 2 fully saturated rings. The first-order chi connectivity index (χ1) is 10.9. The predicted octanol–water partition coefficient (Wildman–Crippen LogP) is 2.73. The summed E-state index contributed by atoms with van der Waals surface area (Å²) >= 11 is 0. The van der Waals surface area contributed by atoms with E-state index in [1.807, 2.05) is 12.1 Å². The Kier molecular flexibility index (Phi) is 3.58. The molecule has 0 bridgehead atoms. The van der Waals surface area contributed by atoms with Gasteiger partial charge >= 0.3 is 0 Å². The molecule has 2 aliphatic heterocycles. The van der Waals surface area contributed by atoms with Gasteiger partial charge in [0.15, 0.2) is 0 Å². The lowest BCUT2D eigenvalue weighted by Crippen LogP contribution is -2.31. The summed E-state index contributed by atoms with van der Waals surface area (Å²) in [5.41, 5.74) is 2.34. The molecule has 122 valence electrons. The molecule has 3 heterocycles. The molecule has 0 radical (unpaired) electrons. The summed E-state index contributed by atoms with van der Waals surface area (Å²) in [4.78, 5) is 4.76. The molecule has 5 rings (SSSR count). The Bertz CT molecular complexity index is 720. The molecule has 2 atom stereocenters. The number of aromatic nitrogens is 2. The summed E-state index contributed by atoms with van der Waals surface area (Å²) < 4.78 is 11.3. The molecule has 1 N–H and O–H groups in total. The van der Waals surface area contributed by atoms with E-state index in [2.05, 4.69) is 16.5 Å². The summed E-state index contributed by atoms with van der Waals surface area (Å²) in [6, 6.07) is 6.17. The van der Waals surface area contributed by atoms with Gasteiger partial charge in [0.2, 0.25) is 11.7 Å². The first-order valence-corrected chi connectivity index (χ1v) is 8.16. The van der Waals surface area contributed by atoms with Crippen molar-refractivity contribution in [3.05, 3.63) is 29.7 Å². The number of hydrogen-bond acceptors (Lipinski definition) is 5. The maximum atomic E-state index is 5.69.